The van der Waals surface area contributed by atoms with E-state index >= 15 is 0 Å². The Kier molecular flexibility index (Phi) is 5.40. The summed E-state index contributed by atoms with van der Waals surface area (Å²) in [5.41, 5.74) is 1.99. The number of carbonyl (C=O) groups is 2. The van der Waals surface area contributed by atoms with Gasteiger partial charge >= 0.3 is 0 Å². The van der Waals surface area contributed by atoms with Crippen LogP contribution in [0.5, 0.6) is 0 Å². The number of hydrogen-bond donors (Lipinski definition) is 2. The summed E-state index contributed by atoms with van der Waals surface area (Å²) in [4.78, 5) is 43.0. The Hall–Kier alpha value is -3.53. The highest BCUT2D eigenvalue weighted by atomic mass is 16.2. The van der Waals surface area contributed by atoms with Gasteiger partial charge in [-0.3, -0.25) is 9.59 Å². The molecule has 2 atom stereocenters. The zero-order valence-electron chi connectivity index (χ0n) is 20.1. The molecule has 1 aliphatic carbocycles. The number of aromatic nitrogens is 4. The van der Waals surface area contributed by atoms with Gasteiger partial charge in [-0.1, -0.05) is 12.8 Å². The van der Waals surface area contributed by atoms with Crippen molar-refractivity contribution in [1.82, 2.24) is 34.6 Å². The largest absolute Gasteiger partial charge is 0.343 e. The first-order valence-electron chi connectivity index (χ1n) is 12.3. The van der Waals surface area contributed by atoms with E-state index in [4.69, 9.17) is 4.98 Å². The Morgan fingerprint density at radius 1 is 1.11 bits per heavy atom. The van der Waals surface area contributed by atoms with E-state index in [0.717, 1.165) is 56.2 Å². The van der Waals surface area contributed by atoms with E-state index in [0.29, 0.717) is 29.1 Å². The molecule has 2 aliphatic heterocycles. The number of carbonyl (C=O) groups excluding carboxylic acids is 2. The molecule has 10 nitrogen and oxygen atoms in total. The van der Waals surface area contributed by atoms with Crippen molar-refractivity contribution in [3.63, 3.8) is 0 Å². The first kappa shape index (κ1) is 22.0. The van der Waals surface area contributed by atoms with Gasteiger partial charge in [0.2, 0.25) is 5.95 Å². The predicted octanol–water partition coefficient (Wildman–Crippen LogP) is 2.57. The summed E-state index contributed by atoms with van der Waals surface area (Å²) in [7, 11) is 3.53. The van der Waals surface area contributed by atoms with Crippen LogP contribution in [-0.2, 0) is 0 Å². The molecule has 2 amide bonds. The minimum Gasteiger partial charge on any atom is -0.343 e. The van der Waals surface area contributed by atoms with Crippen LogP contribution in [0.15, 0.2) is 30.6 Å². The molecule has 0 aromatic carbocycles. The summed E-state index contributed by atoms with van der Waals surface area (Å²) in [6.07, 6.45) is 8.77. The maximum atomic E-state index is 12.9. The number of amides is 2. The number of hydrogen-bond acceptors (Lipinski definition) is 7. The van der Waals surface area contributed by atoms with Crippen molar-refractivity contribution in [2.24, 2.45) is 0 Å². The van der Waals surface area contributed by atoms with E-state index in [1.165, 1.54) is 0 Å². The van der Waals surface area contributed by atoms with Crippen LogP contribution >= 0.6 is 0 Å². The molecule has 3 aromatic rings. The molecule has 3 aromatic heterocycles. The van der Waals surface area contributed by atoms with Gasteiger partial charge in [0.15, 0.2) is 0 Å². The molecule has 5 heterocycles. The molecule has 182 valence electrons. The number of nitrogens with zero attached hydrogens (tertiary/aromatic N) is 6. The van der Waals surface area contributed by atoms with Crippen molar-refractivity contribution in [3.05, 3.63) is 41.9 Å². The minimum atomic E-state index is -0.0339. The van der Waals surface area contributed by atoms with Crippen LogP contribution < -0.4 is 10.6 Å². The fourth-order valence-electron chi connectivity index (χ4n) is 5.68. The van der Waals surface area contributed by atoms with Crippen LogP contribution in [0.1, 0.15) is 59.0 Å². The minimum absolute atomic E-state index is 0.0307. The number of fused-ring (bicyclic) bond motifs is 3. The Morgan fingerprint density at radius 2 is 1.94 bits per heavy atom. The van der Waals surface area contributed by atoms with Crippen LogP contribution in [0, 0.1) is 0 Å². The first-order chi connectivity index (χ1) is 17.0. The van der Waals surface area contributed by atoms with Crippen LogP contribution in [0.25, 0.3) is 11.0 Å². The molecule has 1 saturated carbocycles. The highest BCUT2D eigenvalue weighted by Crippen LogP contribution is 2.35. The number of pyridine rings is 1. The molecule has 0 unspecified atom stereocenters. The lowest BCUT2D eigenvalue weighted by Crippen LogP contribution is -2.46. The summed E-state index contributed by atoms with van der Waals surface area (Å²) in [5.74, 6) is 0.971. The molecule has 2 bridgehead atoms. The molecular formula is C25H30N8O2. The van der Waals surface area contributed by atoms with E-state index in [1.54, 1.807) is 43.5 Å². The zero-order valence-corrected chi connectivity index (χ0v) is 20.1. The third kappa shape index (κ3) is 3.91. The standard InChI is InChI=1S/C25H30N8O2/c1-31(2)24(35)20-9-16-12-28-25(30-22(16)33(20)18-5-3-4-6-18)29-21-8-7-15(11-27-21)23(34)32-14-17-10-19(32)13-26-17/h7-9,11-12,17-19,26H,3-6,10,13-14H2,1-2H3,(H,27,28,29,30)/t17-,19-/m0/s1. The molecule has 2 saturated heterocycles. The maximum absolute atomic E-state index is 12.9. The number of likely N-dealkylation sites (tertiary alicyclic amines) is 1. The topological polar surface area (TPSA) is 108 Å². The quantitative estimate of drug-likeness (QED) is 0.585. The molecule has 10 heteroatoms. The second kappa shape index (κ2) is 8.60. The van der Waals surface area contributed by atoms with Gasteiger partial charge in [0.05, 0.1) is 5.56 Å². The molecule has 6 rings (SSSR count). The van der Waals surface area contributed by atoms with E-state index < -0.39 is 0 Å². The lowest BCUT2D eigenvalue weighted by atomic mass is 10.2. The van der Waals surface area contributed by atoms with Gasteiger partial charge in [-0.2, -0.15) is 4.98 Å². The van der Waals surface area contributed by atoms with Crippen LogP contribution in [0.3, 0.4) is 0 Å². The Labute approximate surface area is 203 Å². The fraction of sp³-hybridized carbons (Fsp3) is 0.480. The van der Waals surface area contributed by atoms with Crippen molar-refractivity contribution in [1.29, 1.82) is 0 Å². The Balaban J connectivity index is 1.25. The van der Waals surface area contributed by atoms with E-state index in [1.807, 2.05) is 11.0 Å². The smallest absolute Gasteiger partial charge is 0.270 e. The normalized spacial score (nSPS) is 21.7. The molecular weight excluding hydrogens is 444 g/mol. The Morgan fingerprint density at radius 3 is 2.60 bits per heavy atom. The maximum Gasteiger partial charge on any atom is 0.270 e. The van der Waals surface area contributed by atoms with Gasteiger partial charge in [0, 0.05) is 63.1 Å². The average Bonchev–Trinajstić information content (AvgIpc) is 3.67. The third-order valence-corrected chi connectivity index (χ3v) is 7.46. The summed E-state index contributed by atoms with van der Waals surface area (Å²) < 4.78 is 2.09. The summed E-state index contributed by atoms with van der Waals surface area (Å²) in [5, 5.41) is 7.42. The number of piperazine rings is 1. The highest BCUT2D eigenvalue weighted by Gasteiger charge is 2.40. The van der Waals surface area contributed by atoms with Crippen LogP contribution in [-0.4, -0.2) is 80.4 Å². The SMILES string of the molecule is CN(C)C(=O)c1cc2cnc(Nc3ccc(C(=O)N4C[C@@H]5C[C@H]4CN5)cn3)nc2n1C1CCCC1. The monoisotopic (exact) mass is 474 g/mol. The lowest BCUT2D eigenvalue weighted by molar-refractivity contribution is 0.0715. The molecule has 3 aliphatic rings. The summed E-state index contributed by atoms with van der Waals surface area (Å²) in [6.45, 7) is 1.63. The van der Waals surface area contributed by atoms with Crippen molar-refractivity contribution >= 4 is 34.6 Å². The second-order valence-electron chi connectivity index (χ2n) is 10.0. The van der Waals surface area contributed by atoms with Gasteiger partial charge in [-0.05, 0) is 37.5 Å². The molecule has 35 heavy (non-hydrogen) atoms. The van der Waals surface area contributed by atoms with Crippen molar-refractivity contribution in [2.75, 3.05) is 32.5 Å². The van der Waals surface area contributed by atoms with Gasteiger partial charge in [0.1, 0.15) is 17.2 Å². The van der Waals surface area contributed by atoms with Gasteiger partial charge in [-0.15, -0.1) is 0 Å². The van der Waals surface area contributed by atoms with E-state index in [-0.39, 0.29) is 23.9 Å². The van der Waals surface area contributed by atoms with Gasteiger partial charge in [0.25, 0.3) is 11.8 Å². The van der Waals surface area contributed by atoms with E-state index in [2.05, 4.69) is 25.2 Å². The lowest BCUT2D eigenvalue weighted by Gasteiger charge is -2.27. The van der Waals surface area contributed by atoms with Gasteiger partial charge in [-0.25, -0.2) is 9.97 Å². The van der Waals surface area contributed by atoms with Crippen molar-refractivity contribution in [3.8, 4) is 0 Å². The number of anilines is 2. The number of nitrogens with one attached hydrogen (secondary N) is 2. The molecule has 0 spiro atoms. The predicted molar refractivity (Wildman–Crippen MR) is 132 cm³/mol. The summed E-state index contributed by atoms with van der Waals surface area (Å²) >= 11 is 0. The van der Waals surface area contributed by atoms with Crippen LogP contribution in [0.4, 0.5) is 11.8 Å². The zero-order chi connectivity index (χ0) is 24.1. The average molecular weight is 475 g/mol. The fourth-order valence-corrected chi connectivity index (χ4v) is 5.68. The highest BCUT2D eigenvalue weighted by molar-refractivity contribution is 5.98. The van der Waals surface area contributed by atoms with Crippen molar-refractivity contribution < 1.29 is 9.59 Å². The Bertz CT molecular complexity index is 1280. The van der Waals surface area contributed by atoms with E-state index in [9.17, 15) is 9.59 Å². The first-order valence-corrected chi connectivity index (χ1v) is 12.3. The van der Waals surface area contributed by atoms with Gasteiger partial charge < -0.3 is 25.0 Å². The second-order valence-corrected chi connectivity index (χ2v) is 10.0. The van der Waals surface area contributed by atoms with Crippen molar-refractivity contribution in [2.45, 2.75) is 50.2 Å². The third-order valence-electron chi connectivity index (χ3n) is 7.46. The van der Waals surface area contributed by atoms with Crippen LogP contribution in [0.2, 0.25) is 0 Å². The molecule has 2 N–H and O–H groups in total. The molecule has 0 radical (unpaired) electrons. The number of rotatable bonds is 5. The molecule has 3 fully saturated rings. The summed E-state index contributed by atoms with van der Waals surface area (Å²) in [6, 6.07) is 6.43.